The smallest absolute Gasteiger partial charge is 0.244 e. The fourth-order valence-corrected chi connectivity index (χ4v) is 1.62. The van der Waals surface area contributed by atoms with Crippen molar-refractivity contribution in [2.24, 2.45) is 0 Å². The summed E-state index contributed by atoms with van der Waals surface area (Å²) in [6, 6.07) is 2.06. The van der Waals surface area contributed by atoms with Gasteiger partial charge in [0.2, 0.25) is 11.9 Å². The Balaban J connectivity index is 2.41. The molecule has 0 amide bonds. The number of nitrogen functional groups attached to an aromatic ring is 1. The fraction of sp³-hybridized carbons (Fsp3) is 0.455. The summed E-state index contributed by atoms with van der Waals surface area (Å²) in [6.07, 6.45) is 0. The molecule has 7 nitrogen and oxygen atoms in total. The molecule has 96 valence electrons. The van der Waals surface area contributed by atoms with Gasteiger partial charge in [0.15, 0.2) is 5.82 Å². The van der Waals surface area contributed by atoms with E-state index in [-0.39, 0.29) is 6.04 Å². The zero-order valence-corrected chi connectivity index (χ0v) is 11.0. The van der Waals surface area contributed by atoms with Crippen LogP contribution in [0.2, 0.25) is 0 Å². The molecule has 2 aromatic heterocycles. The van der Waals surface area contributed by atoms with Crippen LogP contribution in [0.1, 0.15) is 25.4 Å². The van der Waals surface area contributed by atoms with Crippen molar-refractivity contribution in [3.05, 3.63) is 17.6 Å². The number of nitrogens with zero attached hydrogens (tertiary/aromatic N) is 5. The molecule has 2 rings (SSSR count). The molecule has 0 fully saturated rings. The van der Waals surface area contributed by atoms with Crippen LogP contribution in [-0.2, 0) is 0 Å². The number of rotatable bonds is 3. The van der Waals surface area contributed by atoms with E-state index in [2.05, 4.69) is 25.4 Å². The van der Waals surface area contributed by atoms with Crippen molar-refractivity contribution in [2.45, 2.75) is 33.7 Å². The Bertz CT molecular complexity index is 538. The highest BCUT2D eigenvalue weighted by atomic mass is 15.4. The van der Waals surface area contributed by atoms with Crippen LogP contribution in [0.25, 0.3) is 5.82 Å². The molecule has 2 heterocycles. The minimum Gasteiger partial charge on any atom is -0.368 e. The van der Waals surface area contributed by atoms with Crippen LogP contribution in [0, 0.1) is 13.8 Å². The summed E-state index contributed by atoms with van der Waals surface area (Å²) in [5.41, 5.74) is 6.70. The summed E-state index contributed by atoms with van der Waals surface area (Å²) < 4.78 is 1.51. The van der Waals surface area contributed by atoms with Crippen molar-refractivity contribution in [1.29, 1.82) is 0 Å². The summed E-state index contributed by atoms with van der Waals surface area (Å²) in [7, 11) is 0. The average molecular weight is 247 g/mol. The van der Waals surface area contributed by atoms with E-state index >= 15 is 0 Å². The molecule has 0 spiro atoms. The Morgan fingerprint density at radius 1 is 1.22 bits per heavy atom. The highest BCUT2D eigenvalue weighted by Crippen LogP contribution is 2.13. The fourth-order valence-electron chi connectivity index (χ4n) is 1.62. The summed E-state index contributed by atoms with van der Waals surface area (Å²) in [4.78, 5) is 12.7. The Kier molecular flexibility index (Phi) is 3.14. The van der Waals surface area contributed by atoms with Gasteiger partial charge in [-0.15, -0.1) is 5.10 Å². The molecule has 18 heavy (non-hydrogen) atoms. The zero-order chi connectivity index (χ0) is 13.3. The van der Waals surface area contributed by atoms with Gasteiger partial charge in [0.05, 0.1) is 0 Å². The maximum Gasteiger partial charge on any atom is 0.244 e. The Morgan fingerprint density at radius 2 is 1.94 bits per heavy atom. The number of anilines is 2. The topological polar surface area (TPSA) is 94.5 Å². The number of aromatic nitrogens is 5. The number of nitrogens with one attached hydrogen (secondary N) is 1. The average Bonchev–Trinajstić information content (AvgIpc) is 2.56. The third-order valence-electron chi connectivity index (χ3n) is 2.22. The molecule has 0 saturated carbocycles. The van der Waals surface area contributed by atoms with E-state index in [0.717, 1.165) is 5.69 Å². The van der Waals surface area contributed by atoms with Gasteiger partial charge < -0.3 is 11.1 Å². The molecule has 0 aliphatic rings. The first-order valence-electron chi connectivity index (χ1n) is 5.77. The largest absolute Gasteiger partial charge is 0.368 e. The monoisotopic (exact) mass is 247 g/mol. The van der Waals surface area contributed by atoms with Crippen LogP contribution < -0.4 is 11.1 Å². The molecule has 0 atom stereocenters. The molecule has 0 saturated heterocycles. The lowest BCUT2D eigenvalue weighted by Crippen LogP contribution is -2.11. The van der Waals surface area contributed by atoms with E-state index < -0.39 is 0 Å². The Hall–Kier alpha value is -2.18. The first kappa shape index (κ1) is 12.3. The van der Waals surface area contributed by atoms with Crippen molar-refractivity contribution >= 4 is 11.9 Å². The van der Waals surface area contributed by atoms with Crippen molar-refractivity contribution in [1.82, 2.24) is 24.7 Å². The molecule has 7 heteroatoms. The van der Waals surface area contributed by atoms with Crippen molar-refractivity contribution < 1.29 is 0 Å². The summed E-state index contributed by atoms with van der Waals surface area (Å²) in [5, 5.41) is 7.38. The number of hydrogen-bond donors (Lipinski definition) is 2. The van der Waals surface area contributed by atoms with Gasteiger partial charge in [-0.1, -0.05) is 0 Å². The molecule has 0 unspecified atom stereocenters. The minimum absolute atomic E-state index is 0.245. The van der Waals surface area contributed by atoms with Gasteiger partial charge in [0, 0.05) is 17.8 Å². The van der Waals surface area contributed by atoms with E-state index in [0.29, 0.717) is 23.5 Å². The molecule has 2 aromatic rings. The number of aryl methyl sites for hydroxylation is 2. The summed E-state index contributed by atoms with van der Waals surface area (Å²) in [6.45, 7) is 7.75. The lowest BCUT2D eigenvalue weighted by Gasteiger charge is -2.04. The van der Waals surface area contributed by atoms with Crippen LogP contribution in [-0.4, -0.2) is 30.8 Å². The summed E-state index contributed by atoms with van der Waals surface area (Å²) >= 11 is 0. The Labute approximate surface area is 105 Å². The third-order valence-corrected chi connectivity index (χ3v) is 2.22. The molecular weight excluding hydrogens is 230 g/mol. The molecule has 3 N–H and O–H groups in total. The lowest BCUT2D eigenvalue weighted by atomic mass is 10.4. The molecular formula is C11H17N7. The maximum absolute atomic E-state index is 5.84. The summed E-state index contributed by atoms with van der Waals surface area (Å²) in [5.74, 6) is 2.10. The predicted octanol–water partition coefficient (Wildman–Crippen LogP) is 1.08. The highest BCUT2D eigenvalue weighted by Gasteiger charge is 2.11. The van der Waals surface area contributed by atoms with Gasteiger partial charge in [0.25, 0.3) is 0 Å². The SMILES string of the molecule is Cc1cc(-n2nc(NC(C)C)nc2N)nc(C)n1. The first-order chi connectivity index (χ1) is 8.45. The van der Waals surface area contributed by atoms with Crippen LogP contribution in [0.15, 0.2) is 6.07 Å². The number of hydrogen-bond acceptors (Lipinski definition) is 6. The first-order valence-corrected chi connectivity index (χ1v) is 5.77. The lowest BCUT2D eigenvalue weighted by molar-refractivity contribution is 0.817. The maximum atomic E-state index is 5.84. The molecule has 0 bridgehead atoms. The second-order valence-electron chi connectivity index (χ2n) is 4.42. The zero-order valence-electron chi connectivity index (χ0n) is 11.0. The second-order valence-corrected chi connectivity index (χ2v) is 4.42. The van der Waals surface area contributed by atoms with Gasteiger partial charge >= 0.3 is 0 Å². The van der Waals surface area contributed by atoms with E-state index in [9.17, 15) is 0 Å². The standard InChI is InChI=1S/C11H17N7/c1-6(2)13-11-16-10(12)18(17-11)9-5-7(3)14-8(4)15-9/h5-6H,1-4H3,(H3,12,13,16,17). The Morgan fingerprint density at radius 3 is 2.56 bits per heavy atom. The van der Waals surface area contributed by atoms with Crippen molar-refractivity contribution in [3.63, 3.8) is 0 Å². The quantitative estimate of drug-likeness (QED) is 0.842. The van der Waals surface area contributed by atoms with Crippen LogP contribution in [0.3, 0.4) is 0 Å². The molecule has 0 aliphatic carbocycles. The third kappa shape index (κ3) is 2.55. The normalized spacial score (nSPS) is 10.9. The van der Waals surface area contributed by atoms with Gasteiger partial charge in [0.1, 0.15) is 5.82 Å². The molecule has 0 aromatic carbocycles. The highest BCUT2D eigenvalue weighted by molar-refractivity contribution is 5.39. The van der Waals surface area contributed by atoms with E-state index in [1.807, 2.05) is 33.8 Å². The second kappa shape index (κ2) is 4.59. The van der Waals surface area contributed by atoms with Gasteiger partial charge in [-0.05, 0) is 27.7 Å². The minimum atomic E-state index is 0.245. The van der Waals surface area contributed by atoms with Crippen molar-refractivity contribution in [3.8, 4) is 5.82 Å². The predicted molar refractivity (Wildman–Crippen MR) is 69.6 cm³/mol. The van der Waals surface area contributed by atoms with Crippen molar-refractivity contribution in [2.75, 3.05) is 11.1 Å². The molecule has 0 aliphatic heterocycles. The van der Waals surface area contributed by atoms with Crippen LogP contribution >= 0.6 is 0 Å². The molecule has 0 radical (unpaired) electrons. The van der Waals surface area contributed by atoms with Crippen LogP contribution in [0.4, 0.5) is 11.9 Å². The van der Waals surface area contributed by atoms with E-state index in [1.54, 1.807) is 0 Å². The van der Waals surface area contributed by atoms with Gasteiger partial charge in [-0.3, -0.25) is 0 Å². The van der Waals surface area contributed by atoms with Crippen LogP contribution in [0.5, 0.6) is 0 Å². The number of nitrogens with two attached hydrogens (primary N) is 1. The van der Waals surface area contributed by atoms with E-state index in [1.165, 1.54) is 4.68 Å². The van der Waals surface area contributed by atoms with Gasteiger partial charge in [-0.25, -0.2) is 9.97 Å². The van der Waals surface area contributed by atoms with Gasteiger partial charge in [-0.2, -0.15) is 9.67 Å². The van der Waals surface area contributed by atoms with E-state index in [4.69, 9.17) is 5.73 Å².